The average Bonchev–Trinajstić information content (AvgIpc) is 3.08. The Hall–Kier alpha value is -3.77. The molecule has 2 aromatic carbocycles. The van der Waals surface area contributed by atoms with Crippen molar-refractivity contribution >= 4 is 28.4 Å². The Morgan fingerprint density at radius 2 is 1.94 bits per heavy atom. The number of esters is 1. The third kappa shape index (κ3) is 4.87. The first-order valence-electron chi connectivity index (χ1n) is 8.57. The molecule has 0 aliphatic rings. The molecular formula is C18H13F5N4O4. The number of ether oxygens (including phenoxy) is 1. The highest BCUT2D eigenvalue weighted by atomic mass is 19.4. The molecule has 0 aliphatic carbocycles. The van der Waals surface area contributed by atoms with Crippen LogP contribution in [0, 0.1) is 10.1 Å². The molecule has 0 bridgehead atoms. The van der Waals surface area contributed by atoms with E-state index in [1.54, 1.807) is 12.1 Å². The van der Waals surface area contributed by atoms with Gasteiger partial charge in [-0.05, 0) is 24.3 Å². The number of carbonyl (C=O) groups is 1. The number of carbonyl (C=O) groups excluding carboxylic acids is 1. The monoisotopic (exact) mass is 444 g/mol. The number of rotatable bonds is 7. The summed E-state index contributed by atoms with van der Waals surface area (Å²) in [7, 11) is 0. The molecule has 0 spiro atoms. The average molecular weight is 444 g/mol. The number of nitrogens with one attached hydrogen (secondary N) is 1. The Balaban J connectivity index is 1.68. The lowest BCUT2D eigenvalue weighted by molar-refractivity contribution is -0.384. The van der Waals surface area contributed by atoms with Crippen molar-refractivity contribution in [3.05, 3.63) is 64.0 Å². The van der Waals surface area contributed by atoms with Crippen LogP contribution in [0.2, 0.25) is 0 Å². The Morgan fingerprint density at radius 3 is 2.58 bits per heavy atom. The zero-order valence-corrected chi connectivity index (χ0v) is 15.4. The summed E-state index contributed by atoms with van der Waals surface area (Å²) in [5.74, 6) is -1.20. The van der Waals surface area contributed by atoms with E-state index in [1.165, 1.54) is 12.1 Å². The van der Waals surface area contributed by atoms with Gasteiger partial charge < -0.3 is 10.1 Å². The van der Waals surface area contributed by atoms with Crippen LogP contribution in [0.4, 0.5) is 33.3 Å². The highest BCUT2D eigenvalue weighted by Gasteiger charge is 2.33. The minimum absolute atomic E-state index is 0.141. The predicted octanol–water partition coefficient (Wildman–Crippen LogP) is 4.51. The van der Waals surface area contributed by atoms with Gasteiger partial charge in [0.05, 0.1) is 21.5 Å². The van der Waals surface area contributed by atoms with Crippen molar-refractivity contribution in [1.29, 1.82) is 0 Å². The van der Waals surface area contributed by atoms with Gasteiger partial charge in [-0.1, -0.05) is 12.1 Å². The minimum atomic E-state index is -4.78. The van der Waals surface area contributed by atoms with Crippen LogP contribution in [0.5, 0.6) is 0 Å². The molecule has 0 unspecified atom stereocenters. The van der Waals surface area contributed by atoms with Gasteiger partial charge in [-0.3, -0.25) is 19.5 Å². The van der Waals surface area contributed by atoms with Crippen molar-refractivity contribution in [2.75, 3.05) is 11.9 Å². The molecule has 1 N–H and O–H groups in total. The van der Waals surface area contributed by atoms with Crippen molar-refractivity contribution < 1.29 is 36.4 Å². The van der Waals surface area contributed by atoms with Crippen LogP contribution in [0.1, 0.15) is 17.9 Å². The summed E-state index contributed by atoms with van der Waals surface area (Å²) in [5.41, 5.74) is -2.04. The van der Waals surface area contributed by atoms with Gasteiger partial charge in [0.1, 0.15) is 18.8 Å². The lowest BCUT2D eigenvalue weighted by atomic mass is 10.1. The molecule has 3 rings (SSSR count). The van der Waals surface area contributed by atoms with E-state index < -0.39 is 48.0 Å². The van der Waals surface area contributed by atoms with Gasteiger partial charge in [0.25, 0.3) is 5.69 Å². The topological polar surface area (TPSA) is 99.3 Å². The molecule has 0 aliphatic heterocycles. The number of fused-ring (bicyclic) bond motifs is 1. The highest BCUT2D eigenvalue weighted by molar-refractivity contribution is 5.78. The van der Waals surface area contributed by atoms with Gasteiger partial charge in [-0.25, -0.2) is 4.98 Å². The molecule has 3 aromatic rings. The Kier molecular flexibility index (Phi) is 6.04. The standard InChI is InChI=1S/C18H13F5N4O4/c19-17(20)26-13-4-2-1-3-12(13)25-15(26)9-31-16(28)8-24-11-6-5-10(18(21,22)23)7-14(11)27(29)30/h1-7,17,24H,8-9H2. The number of hydrogen-bond donors (Lipinski definition) is 1. The van der Waals surface area contributed by atoms with Gasteiger partial charge in [-0.15, -0.1) is 0 Å². The summed E-state index contributed by atoms with van der Waals surface area (Å²) in [6.45, 7) is -4.19. The molecule has 0 amide bonds. The number of halogens is 5. The number of aromatic nitrogens is 2. The van der Waals surface area contributed by atoms with Crippen molar-refractivity contribution in [2.24, 2.45) is 0 Å². The number of nitro benzene ring substituents is 1. The summed E-state index contributed by atoms with van der Waals surface area (Å²) >= 11 is 0. The van der Waals surface area contributed by atoms with Crippen LogP contribution in [-0.4, -0.2) is 27.0 Å². The van der Waals surface area contributed by atoms with E-state index in [-0.39, 0.29) is 22.5 Å². The summed E-state index contributed by atoms with van der Waals surface area (Å²) in [5, 5.41) is 13.4. The zero-order valence-electron chi connectivity index (χ0n) is 15.4. The van der Waals surface area contributed by atoms with Gasteiger partial charge in [0.15, 0.2) is 5.82 Å². The van der Waals surface area contributed by atoms with Crippen LogP contribution in [0.15, 0.2) is 42.5 Å². The lowest BCUT2D eigenvalue weighted by Gasteiger charge is -2.11. The zero-order chi connectivity index (χ0) is 22.8. The normalized spacial score (nSPS) is 11.7. The van der Waals surface area contributed by atoms with E-state index in [0.717, 1.165) is 6.07 Å². The Labute approximate surface area is 170 Å². The highest BCUT2D eigenvalue weighted by Crippen LogP contribution is 2.35. The second-order valence-electron chi connectivity index (χ2n) is 6.17. The molecule has 0 saturated carbocycles. The van der Waals surface area contributed by atoms with Gasteiger partial charge in [0, 0.05) is 6.07 Å². The van der Waals surface area contributed by atoms with Crippen molar-refractivity contribution in [3.8, 4) is 0 Å². The van der Waals surface area contributed by atoms with E-state index in [9.17, 15) is 36.9 Å². The largest absolute Gasteiger partial charge is 0.456 e. The number of alkyl halides is 5. The van der Waals surface area contributed by atoms with E-state index in [2.05, 4.69) is 10.3 Å². The molecule has 0 atom stereocenters. The molecule has 31 heavy (non-hydrogen) atoms. The van der Waals surface area contributed by atoms with E-state index >= 15 is 0 Å². The third-order valence-corrected chi connectivity index (χ3v) is 4.17. The number of benzene rings is 2. The number of nitrogens with zero attached hydrogens (tertiary/aromatic N) is 3. The van der Waals surface area contributed by atoms with Crippen LogP contribution < -0.4 is 5.32 Å². The first kappa shape index (κ1) is 21.9. The molecule has 1 aromatic heterocycles. The number of nitro groups is 1. The summed E-state index contributed by atoms with van der Waals surface area (Å²) in [4.78, 5) is 25.9. The summed E-state index contributed by atoms with van der Waals surface area (Å²) < 4.78 is 70.3. The van der Waals surface area contributed by atoms with Gasteiger partial charge in [-0.2, -0.15) is 22.0 Å². The van der Waals surface area contributed by atoms with Crippen molar-refractivity contribution in [1.82, 2.24) is 9.55 Å². The second-order valence-corrected chi connectivity index (χ2v) is 6.17. The number of imidazole rings is 1. The first-order valence-corrected chi connectivity index (χ1v) is 8.57. The van der Waals surface area contributed by atoms with E-state index in [1.807, 2.05) is 0 Å². The van der Waals surface area contributed by atoms with Crippen molar-refractivity contribution in [2.45, 2.75) is 19.3 Å². The molecule has 13 heteroatoms. The molecule has 0 fully saturated rings. The number of para-hydroxylation sites is 2. The molecule has 0 radical (unpaired) electrons. The fourth-order valence-corrected chi connectivity index (χ4v) is 2.79. The molecular weight excluding hydrogens is 431 g/mol. The summed E-state index contributed by atoms with van der Waals surface area (Å²) in [6.07, 6.45) is -4.78. The maximum Gasteiger partial charge on any atom is 0.416 e. The van der Waals surface area contributed by atoms with Gasteiger partial charge >= 0.3 is 18.7 Å². The maximum atomic E-state index is 13.3. The van der Waals surface area contributed by atoms with Crippen LogP contribution in [-0.2, 0) is 22.3 Å². The Bertz CT molecular complexity index is 1130. The molecule has 8 nitrogen and oxygen atoms in total. The predicted molar refractivity (Wildman–Crippen MR) is 97.4 cm³/mol. The molecule has 1 heterocycles. The second kappa shape index (κ2) is 8.53. The number of anilines is 1. The lowest BCUT2D eigenvalue weighted by Crippen LogP contribution is -2.19. The maximum absolute atomic E-state index is 13.3. The van der Waals surface area contributed by atoms with E-state index in [4.69, 9.17) is 4.74 Å². The van der Waals surface area contributed by atoms with Gasteiger partial charge in [0.2, 0.25) is 0 Å². The fraction of sp³-hybridized carbons (Fsp3) is 0.222. The summed E-state index contributed by atoms with van der Waals surface area (Å²) in [6, 6.07) is 7.83. The number of hydrogen-bond acceptors (Lipinski definition) is 6. The van der Waals surface area contributed by atoms with E-state index in [0.29, 0.717) is 16.7 Å². The quantitative estimate of drug-likeness (QED) is 0.249. The Morgan fingerprint density at radius 1 is 1.23 bits per heavy atom. The van der Waals surface area contributed by atoms with Crippen LogP contribution in [0.3, 0.4) is 0 Å². The third-order valence-electron chi connectivity index (χ3n) is 4.17. The smallest absolute Gasteiger partial charge is 0.416 e. The SMILES string of the molecule is O=C(CNc1ccc(C(F)(F)F)cc1[N+](=O)[O-])OCc1nc2ccccc2n1C(F)F. The fourth-order valence-electron chi connectivity index (χ4n) is 2.79. The molecule has 0 saturated heterocycles. The van der Waals surface area contributed by atoms with Crippen molar-refractivity contribution in [3.63, 3.8) is 0 Å². The first-order chi connectivity index (χ1) is 14.6. The van der Waals surface area contributed by atoms with Crippen LogP contribution >= 0.6 is 0 Å². The minimum Gasteiger partial charge on any atom is -0.456 e. The molecule has 164 valence electrons. The van der Waals surface area contributed by atoms with Crippen LogP contribution in [0.25, 0.3) is 11.0 Å².